The summed E-state index contributed by atoms with van der Waals surface area (Å²) in [4.78, 5) is 12.0. The van der Waals surface area contributed by atoms with Gasteiger partial charge in [0, 0.05) is 18.0 Å². The molecule has 2 N–H and O–H groups in total. The predicted molar refractivity (Wildman–Crippen MR) is 79.1 cm³/mol. The number of carbonyl (C=O) groups is 1. The Bertz CT molecular complexity index is 487. The van der Waals surface area contributed by atoms with E-state index in [4.69, 9.17) is 9.47 Å². The SMILES string of the molecule is COC(=O)C(C)(CCOc1ccccc1CO)NC1CC1. The molecular weight excluding hydrogens is 270 g/mol. The summed E-state index contributed by atoms with van der Waals surface area (Å²) in [5, 5.41) is 12.6. The minimum Gasteiger partial charge on any atom is -0.493 e. The zero-order valence-electron chi connectivity index (χ0n) is 12.6. The highest BCUT2D eigenvalue weighted by atomic mass is 16.5. The molecule has 0 heterocycles. The Morgan fingerprint density at radius 2 is 2.14 bits per heavy atom. The highest BCUT2D eigenvalue weighted by Gasteiger charge is 2.39. The summed E-state index contributed by atoms with van der Waals surface area (Å²) in [6.07, 6.45) is 2.71. The third-order valence-corrected chi connectivity index (χ3v) is 3.74. The second-order valence-corrected chi connectivity index (χ2v) is 5.61. The van der Waals surface area contributed by atoms with Crippen LogP contribution in [-0.4, -0.2) is 36.4 Å². The Hall–Kier alpha value is -1.59. The van der Waals surface area contributed by atoms with Gasteiger partial charge in [-0.2, -0.15) is 0 Å². The van der Waals surface area contributed by atoms with E-state index in [0.29, 0.717) is 24.8 Å². The molecule has 2 rings (SSSR count). The zero-order chi connectivity index (χ0) is 15.3. The van der Waals surface area contributed by atoms with Crippen LogP contribution in [0.2, 0.25) is 0 Å². The molecule has 0 amide bonds. The summed E-state index contributed by atoms with van der Waals surface area (Å²) in [5.74, 6) is 0.382. The summed E-state index contributed by atoms with van der Waals surface area (Å²) < 4.78 is 10.6. The van der Waals surface area contributed by atoms with Crippen LogP contribution in [0.15, 0.2) is 24.3 Å². The van der Waals surface area contributed by atoms with Crippen molar-refractivity contribution in [3.63, 3.8) is 0 Å². The van der Waals surface area contributed by atoms with Crippen LogP contribution in [0.4, 0.5) is 0 Å². The van der Waals surface area contributed by atoms with Crippen molar-refractivity contribution < 1.29 is 19.4 Å². The van der Waals surface area contributed by atoms with Gasteiger partial charge in [0.2, 0.25) is 0 Å². The fraction of sp³-hybridized carbons (Fsp3) is 0.562. The molecule has 0 spiro atoms. The van der Waals surface area contributed by atoms with Gasteiger partial charge in [0.25, 0.3) is 0 Å². The van der Waals surface area contributed by atoms with Crippen molar-refractivity contribution in [3.8, 4) is 5.75 Å². The van der Waals surface area contributed by atoms with Crippen LogP contribution in [0, 0.1) is 0 Å². The van der Waals surface area contributed by atoms with Crippen molar-refractivity contribution in [2.24, 2.45) is 0 Å². The molecule has 1 unspecified atom stereocenters. The van der Waals surface area contributed by atoms with E-state index in [1.54, 1.807) is 0 Å². The van der Waals surface area contributed by atoms with Crippen molar-refractivity contribution >= 4 is 5.97 Å². The molecule has 0 radical (unpaired) electrons. The van der Waals surface area contributed by atoms with Crippen LogP contribution < -0.4 is 10.1 Å². The van der Waals surface area contributed by atoms with E-state index in [-0.39, 0.29) is 12.6 Å². The van der Waals surface area contributed by atoms with Crippen LogP contribution in [0.3, 0.4) is 0 Å². The third kappa shape index (κ3) is 4.19. The van der Waals surface area contributed by atoms with E-state index in [1.165, 1.54) is 7.11 Å². The molecule has 116 valence electrons. The second kappa shape index (κ2) is 6.91. The molecule has 5 heteroatoms. The summed E-state index contributed by atoms with van der Waals surface area (Å²) in [7, 11) is 1.40. The molecule has 0 bridgehead atoms. The number of rotatable bonds is 8. The summed E-state index contributed by atoms with van der Waals surface area (Å²) in [5.41, 5.74) is 0.0109. The third-order valence-electron chi connectivity index (χ3n) is 3.74. The number of benzene rings is 1. The first-order valence-electron chi connectivity index (χ1n) is 7.27. The van der Waals surface area contributed by atoms with Crippen LogP contribution >= 0.6 is 0 Å². The fourth-order valence-electron chi connectivity index (χ4n) is 2.28. The van der Waals surface area contributed by atoms with Gasteiger partial charge in [-0.25, -0.2) is 0 Å². The molecule has 0 saturated heterocycles. The highest BCUT2D eigenvalue weighted by molar-refractivity contribution is 5.80. The molecule has 1 saturated carbocycles. The number of esters is 1. The predicted octanol–water partition coefficient (Wildman–Crippen LogP) is 1.63. The number of para-hydroxylation sites is 1. The minimum absolute atomic E-state index is 0.0647. The van der Waals surface area contributed by atoms with Gasteiger partial charge < -0.3 is 14.6 Å². The summed E-state index contributed by atoms with van der Waals surface area (Å²) in [6, 6.07) is 7.74. The van der Waals surface area contributed by atoms with E-state index in [0.717, 1.165) is 18.4 Å². The minimum atomic E-state index is -0.732. The topological polar surface area (TPSA) is 67.8 Å². The Kier molecular flexibility index (Phi) is 5.20. The van der Waals surface area contributed by atoms with E-state index in [2.05, 4.69) is 5.32 Å². The van der Waals surface area contributed by atoms with Gasteiger partial charge >= 0.3 is 5.97 Å². The molecule has 1 aliphatic rings. The quantitative estimate of drug-likeness (QED) is 0.713. The van der Waals surface area contributed by atoms with Crippen molar-refractivity contribution in [1.29, 1.82) is 0 Å². The first-order chi connectivity index (χ1) is 10.1. The lowest BCUT2D eigenvalue weighted by Crippen LogP contribution is -2.52. The number of ether oxygens (including phenoxy) is 2. The lowest BCUT2D eigenvalue weighted by atomic mass is 9.98. The highest BCUT2D eigenvalue weighted by Crippen LogP contribution is 2.25. The number of hydrogen-bond donors (Lipinski definition) is 2. The molecule has 1 aromatic rings. The molecular formula is C16H23NO4. The van der Waals surface area contributed by atoms with E-state index in [1.807, 2.05) is 31.2 Å². The maximum absolute atomic E-state index is 12.0. The molecule has 5 nitrogen and oxygen atoms in total. The number of aliphatic hydroxyl groups excluding tert-OH is 1. The van der Waals surface area contributed by atoms with Crippen molar-refractivity contribution in [1.82, 2.24) is 5.32 Å². The number of aliphatic hydroxyl groups is 1. The van der Waals surface area contributed by atoms with Crippen molar-refractivity contribution in [3.05, 3.63) is 29.8 Å². The molecule has 1 aromatic carbocycles. The van der Waals surface area contributed by atoms with Crippen LogP contribution in [-0.2, 0) is 16.1 Å². The Balaban J connectivity index is 1.93. The smallest absolute Gasteiger partial charge is 0.325 e. The molecule has 1 aliphatic carbocycles. The van der Waals surface area contributed by atoms with Gasteiger partial charge in [0.1, 0.15) is 11.3 Å². The van der Waals surface area contributed by atoms with Crippen molar-refractivity contribution in [2.75, 3.05) is 13.7 Å². The van der Waals surface area contributed by atoms with Gasteiger partial charge in [0.05, 0.1) is 20.3 Å². The molecule has 0 aliphatic heterocycles. The normalized spacial score (nSPS) is 17.1. The van der Waals surface area contributed by atoms with Gasteiger partial charge in [-0.05, 0) is 25.8 Å². The summed E-state index contributed by atoms with van der Waals surface area (Å²) in [6.45, 7) is 2.16. The Morgan fingerprint density at radius 1 is 1.43 bits per heavy atom. The second-order valence-electron chi connectivity index (χ2n) is 5.61. The van der Waals surface area contributed by atoms with Gasteiger partial charge in [0.15, 0.2) is 0 Å². The van der Waals surface area contributed by atoms with Gasteiger partial charge in [-0.3, -0.25) is 10.1 Å². The average Bonchev–Trinajstić information content (AvgIpc) is 3.30. The maximum atomic E-state index is 12.0. The largest absolute Gasteiger partial charge is 0.493 e. The van der Waals surface area contributed by atoms with E-state index >= 15 is 0 Å². The average molecular weight is 293 g/mol. The molecule has 1 fully saturated rings. The van der Waals surface area contributed by atoms with Crippen LogP contribution in [0.1, 0.15) is 31.7 Å². The standard InChI is InChI=1S/C16H23NO4/c1-16(15(19)20-2,17-13-7-8-13)9-10-21-14-6-4-3-5-12(14)11-18/h3-6,13,17-18H,7-11H2,1-2H3. The van der Waals surface area contributed by atoms with Gasteiger partial charge in [-0.15, -0.1) is 0 Å². The molecule has 21 heavy (non-hydrogen) atoms. The lowest BCUT2D eigenvalue weighted by Gasteiger charge is -2.28. The molecule has 1 atom stereocenters. The number of methoxy groups -OCH3 is 1. The lowest BCUT2D eigenvalue weighted by molar-refractivity contribution is -0.148. The first-order valence-corrected chi connectivity index (χ1v) is 7.27. The van der Waals surface area contributed by atoms with Crippen LogP contribution in [0.25, 0.3) is 0 Å². The maximum Gasteiger partial charge on any atom is 0.325 e. The fourth-order valence-corrected chi connectivity index (χ4v) is 2.28. The Morgan fingerprint density at radius 3 is 2.76 bits per heavy atom. The van der Waals surface area contributed by atoms with E-state index < -0.39 is 5.54 Å². The molecule has 0 aromatic heterocycles. The van der Waals surface area contributed by atoms with Crippen molar-refractivity contribution in [2.45, 2.75) is 44.4 Å². The van der Waals surface area contributed by atoms with Crippen LogP contribution in [0.5, 0.6) is 5.75 Å². The number of carbonyl (C=O) groups excluding carboxylic acids is 1. The zero-order valence-corrected chi connectivity index (χ0v) is 12.6. The first kappa shape index (κ1) is 15.8. The summed E-state index contributed by atoms with van der Waals surface area (Å²) >= 11 is 0. The Labute approximate surface area is 125 Å². The van der Waals surface area contributed by atoms with Gasteiger partial charge in [-0.1, -0.05) is 18.2 Å². The number of hydrogen-bond acceptors (Lipinski definition) is 5. The monoisotopic (exact) mass is 293 g/mol. The number of nitrogens with one attached hydrogen (secondary N) is 1. The van der Waals surface area contributed by atoms with E-state index in [9.17, 15) is 9.90 Å².